The van der Waals surface area contributed by atoms with E-state index in [1.54, 1.807) is 24.3 Å². The Balaban J connectivity index is 1.31. The number of aliphatic hydroxyl groups excluding tert-OH is 8. The van der Waals surface area contributed by atoms with Crippen molar-refractivity contribution in [3.8, 4) is 0 Å². The van der Waals surface area contributed by atoms with E-state index in [0.29, 0.717) is 19.6 Å². The predicted molar refractivity (Wildman–Crippen MR) is 189 cm³/mol. The summed E-state index contributed by atoms with van der Waals surface area (Å²) in [5.41, 5.74) is 1.48. The summed E-state index contributed by atoms with van der Waals surface area (Å²) in [6.07, 6.45) is -9.64. The molecule has 17 heteroatoms. The second-order valence-corrected chi connectivity index (χ2v) is 15.6. The minimum Gasteiger partial charge on any atom is -0.394 e. The number of hydrogen-bond donors (Lipinski definition) is 9. The molecule has 1 aromatic rings. The van der Waals surface area contributed by atoms with Crippen LogP contribution in [0, 0.1) is 0 Å². The molecule has 292 valence electrons. The third kappa shape index (κ3) is 15.5. The number of rotatable bonds is 25. The Hall–Kier alpha value is -1.42. The number of aryl methyl sites for hydroxylation is 1. The van der Waals surface area contributed by atoms with Gasteiger partial charge in [0, 0.05) is 30.4 Å². The fourth-order valence-corrected chi connectivity index (χ4v) is 8.72. The van der Waals surface area contributed by atoms with Crippen LogP contribution in [-0.4, -0.2) is 165 Å². The molecule has 2 aliphatic rings. The van der Waals surface area contributed by atoms with Crippen LogP contribution in [0.15, 0.2) is 24.3 Å². The van der Waals surface area contributed by atoms with Crippen molar-refractivity contribution in [3.63, 3.8) is 0 Å². The first-order valence-electron chi connectivity index (χ1n) is 17.4. The number of unbranched alkanes of at least 4 members (excludes halogenated alkanes) is 1. The molecule has 0 aromatic heterocycles. The van der Waals surface area contributed by atoms with Crippen molar-refractivity contribution in [1.29, 1.82) is 0 Å². The zero-order valence-electron chi connectivity index (χ0n) is 28.7. The number of ketones is 1. The van der Waals surface area contributed by atoms with Crippen LogP contribution in [0.25, 0.3) is 0 Å². The van der Waals surface area contributed by atoms with Crippen molar-refractivity contribution >= 4 is 33.3 Å². The minimum atomic E-state index is -1.82. The Morgan fingerprint density at radius 2 is 1.73 bits per heavy atom. The second kappa shape index (κ2) is 24.1. The van der Waals surface area contributed by atoms with Crippen molar-refractivity contribution in [3.05, 3.63) is 35.4 Å². The van der Waals surface area contributed by atoms with Crippen LogP contribution in [0.4, 0.5) is 0 Å². The zero-order valence-corrected chi connectivity index (χ0v) is 30.4. The molecule has 9 N–H and O–H groups in total. The van der Waals surface area contributed by atoms with Gasteiger partial charge in [-0.15, -0.1) is 0 Å². The van der Waals surface area contributed by atoms with Crippen molar-refractivity contribution in [2.45, 2.75) is 112 Å². The van der Waals surface area contributed by atoms with Gasteiger partial charge in [0.15, 0.2) is 12.1 Å². The highest BCUT2D eigenvalue weighted by atomic mass is 33.1. The van der Waals surface area contributed by atoms with Crippen molar-refractivity contribution in [1.82, 2.24) is 5.32 Å². The smallest absolute Gasteiger partial charge is 0.220 e. The summed E-state index contributed by atoms with van der Waals surface area (Å²) in [5, 5.41) is 84.6. The molecule has 2 fully saturated rings. The van der Waals surface area contributed by atoms with E-state index in [9.17, 15) is 50.4 Å². The summed E-state index contributed by atoms with van der Waals surface area (Å²) in [5.74, 6) is 1.10. The predicted octanol–water partition coefficient (Wildman–Crippen LogP) is -1.15. The maximum absolute atomic E-state index is 12.5. The molecule has 0 aliphatic carbocycles. The van der Waals surface area contributed by atoms with Crippen LogP contribution in [0.2, 0.25) is 0 Å². The standard InChI is InChI=1S/C34H55NO14S2/c36-18-26(40)33(49-34-32(45)31(44)30(43)27(19-37)48-34)29(42)25(39)9-8-21-4-3-5-22(16-21)17-23(38)20-47-14-13-46-12-11-35-28(41)7-2-1-6-24-10-15-50-51-24/h3-5,16,24-27,29-34,36-37,39-40,42-45H,1-2,6-15,17-20H2,(H,35,41)/t24?,25?,26?,27?,29-,30+,31+,32?,33-,34-/m0/s1. The molecule has 2 aliphatic heterocycles. The highest BCUT2D eigenvalue weighted by molar-refractivity contribution is 8.77. The number of ether oxygens (including phenoxy) is 4. The Morgan fingerprint density at radius 1 is 0.961 bits per heavy atom. The van der Waals surface area contributed by atoms with E-state index in [0.717, 1.165) is 29.2 Å². The van der Waals surface area contributed by atoms with Gasteiger partial charge in [-0.2, -0.15) is 0 Å². The number of carbonyl (C=O) groups is 2. The van der Waals surface area contributed by atoms with E-state index in [1.807, 2.05) is 21.6 Å². The molecule has 2 heterocycles. The second-order valence-electron chi connectivity index (χ2n) is 12.8. The lowest BCUT2D eigenvalue weighted by molar-refractivity contribution is -0.327. The fraction of sp³-hybridized carbons (Fsp3) is 0.765. The van der Waals surface area contributed by atoms with Gasteiger partial charge in [0.1, 0.15) is 49.3 Å². The lowest BCUT2D eigenvalue weighted by Gasteiger charge is -2.42. The molecule has 5 unspecified atom stereocenters. The summed E-state index contributed by atoms with van der Waals surface area (Å²) in [7, 11) is 3.89. The van der Waals surface area contributed by atoms with Gasteiger partial charge in [-0.3, -0.25) is 9.59 Å². The first-order chi connectivity index (χ1) is 24.5. The molecule has 1 aromatic carbocycles. The van der Waals surface area contributed by atoms with E-state index < -0.39 is 68.3 Å². The van der Waals surface area contributed by atoms with Gasteiger partial charge in [-0.05, 0) is 43.2 Å². The molecule has 2 saturated heterocycles. The molecule has 3 rings (SSSR count). The largest absolute Gasteiger partial charge is 0.394 e. The van der Waals surface area contributed by atoms with Gasteiger partial charge in [0.25, 0.3) is 0 Å². The highest BCUT2D eigenvalue weighted by Gasteiger charge is 2.46. The molecule has 0 bridgehead atoms. The number of Topliss-reactive ketones (excluding diaryl/α,β-unsaturated/α-hetero) is 1. The molecule has 1 amide bonds. The van der Waals surface area contributed by atoms with Crippen LogP contribution < -0.4 is 5.32 Å². The van der Waals surface area contributed by atoms with E-state index in [-0.39, 0.29) is 50.8 Å². The first kappa shape index (κ1) is 44.0. The van der Waals surface area contributed by atoms with E-state index in [1.165, 1.54) is 18.6 Å². The maximum Gasteiger partial charge on any atom is 0.220 e. The summed E-state index contributed by atoms with van der Waals surface area (Å²) in [4.78, 5) is 24.5. The van der Waals surface area contributed by atoms with E-state index >= 15 is 0 Å². The monoisotopic (exact) mass is 765 g/mol. The van der Waals surface area contributed by atoms with Crippen molar-refractivity contribution in [2.75, 3.05) is 51.9 Å². The SMILES string of the molecule is O=C(COCCOCCNC(=O)CCCCC1CCSS1)Cc1cccc(CCC(O)[C@H](O)[C@@H](O[C@@H]2OC(CO)[C@@H](O)[C@@H](O)C2O)C(O)CO)c1. The summed E-state index contributed by atoms with van der Waals surface area (Å²) in [6, 6.07) is 7.10. The average molecular weight is 766 g/mol. The van der Waals surface area contributed by atoms with Crippen LogP contribution >= 0.6 is 21.6 Å². The number of hydrogen-bond acceptors (Lipinski definition) is 16. The quantitative estimate of drug-likeness (QED) is 0.0422. The summed E-state index contributed by atoms with van der Waals surface area (Å²) < 4.78 is 21.6. The van der Waals surface area contributed by atoms with Gasteiger partial charge in [0.05, 0.1) is 39.1 Å². The van der Waals surface area contributed by atoms with Crippen molar-refractivity contribution in [2.24, 2.45) is 0 Å². The third-order valence-corrected chi connectivity index (χ3v) is 11.7. The van der Waals surface area contributed by atoms with Gasteiger partial charge >= 0.3 is 0 Å². The maximum atomic E-state index is 12.5. The number of carbonyl (C=O) groups excluding carboxylic acids is 2. The Labute approximate surface area is 306 Å². The third-order valence-electron chi connectivity index (χ3n) is 8.67. The summed E-state index contributed by atoms with van der Waals surface area (Å²) in [6.45, 7) is -0.422. The minimum absolute atomic E-state index is 0.0168. The Bertz CT molecular complexity index is 1150. The Morgan fingerprint density at radius 3 is 2.45 bits per heavy atom. The van der Waals surface area contributed by atoms with Crippen LogP contribution in [-0.2, 0) is 41.4 Å². The molecule has 10 atom stereocenters. The lowest BCUT2D eigenvalue weighted by atomic mass is 9.96. The van der Waals surface area contributed by atoms with Crippen LogP contribution in [0.3, 0.4) is 0 Å². The molecule has 15 nitrogen and oxygen atoms in total. The normalized spacial score (nSPS) is 26.0. The van der Waals surface area contributed by atoms with Gasteiger partial charge < -0.3 is 65.1 Å². The summed E-state index contributed by atoms with van der Waals surface area (Å²) >= 11 is 0. The zero-order chi connectivity index (χ0) is 37.2. The first-order valence-corrected chi connectivity index (χ1v) is 19.8. The van der Waals surface area contributed by atoms with E-state index in [4.69, 9.17) is 18.9 Å². The molecule has 0 saturated carbocycles. The average Bonchev–Trinajstić information content (AvgIpc) is 3.65. The number of amides is 1. The topological polar surface area (TPSA) is 245 Å². The Kier molecular flexibility index (Phi) is 20.8. The van der Waals surface area contributed by atoms with Crippen LogP contribution in [0.1, 0.15) is 49.7 Å². The number of aliphatic hydroxyl groups is 8. The molecular formula is C34H55NO14S2. The lowest BCUT2D eigenvalue weighted by Crippen LogP contribution is -2.61. The van der Waals surface area contributed by atoms with Gasteiger partial charge in [0.2, 0.25) is 5.91 Å². The van der Waals surface area contributed by atoms with Gasteiger partial charge in [-0.25, -0.2) is 0 Å². The molecule has 0 radical (unpaired) electrons. The highest BCUT2D eigenvalue weighted by Crippen LogP contribution is 2.39. The van der Waals surface area contributed by atoms with Crippen molar-refractivity contribution < 1.29 is 69.4 Å². The van der Waals surface area contributed by atoms with E-state index in [2.05, 4.69) is 5.32 Å². The van der Waals surface area contributed by atoms with Crippen LogP contribution in [0.5, 0.6) is 0 Å². The molecule has 0 spiro atoms. The van der Waals surface area contributed by atoms with Gasteiger partial charge in [-0.1, -0.05) is 52.3 Å². The molecular weight excluding hydrogens is 711 g/mol. The number of benzene rings is 1. The fourth-order valence-electron chi connectivity index (χ4n) is 5.69. The number of nitrogens with one attached hydrogen (secondary N) is 1. The molecule has 51 heavy (non-hydrogen) atoms.